The van der Waals surface area contributed by atoms with E-state index in [-0.39, 0.29) is 11.3 Å². The van der Waals surface area contributed by atoms with Gasteiger partial charge in [-0.3, -0.25) is 9.59 Å². The molecule has 0 bridgehead atoms. The number of piperazine rings is 1. The molecule has 0 N–H and O–H groups in total. The zero-order valence-corrected chi connectivity index (χ0v) is 11.0. The lowest BCUT2D eigenvalue weighted by atomic mass is 10.0. The van der Waals surface area contributed by atoms with Gasteiger partial charge in [0.1, 0.15) is 0 Å². The lowest BCUT2D eigenvalue weighted by molar-refractivity contribution is -0.137. The molecule has 4 nitrogen and oxygen atoms in total. The Hall–Kier alpha value is -1.36. The van der Waals surface area contributed by atoms with Crippen molar-refractivity contribution in [2.45, 2.75) is 18.3 Å². The highest BCUT2D eigenvalue weighted by atomic mass is 32.1. The van der Waals surface area contributed by atoms with Gasteiger partial charge in [0.05, 0.1) is 5.41 Å². The van der Waals surface area contributed by atoms with E-state index in [4.69, 9.17) is 0 Å². The van der Waals surface area contributed by atoms with Crippen LogP contribution in [0.2, 0.25) is 0 Å². The fraction of sp³-hybridized carbons (Fsp3) is 0.538. The molecule has 2 fully saturated rings. The number of rotatable bonds is 3. The van der Waals surface area contributed by atoms with Crippen LogP contribution in [0.5, 0.6) is 0 Å². The van der Waals surface area contributed by atoms with Gasteiger partial charge in [0.15, 0.2) is 0 Å². The summed E-state index contributed by atoms with van der Waals surface area (Å²) in [5, 5.41) is 2.03. The first-order chi connectivity index (χ1) is 8.76. The topological polar surface area (TPSA) is 40.6 Å². The molecule has 2 aliphatic rings. The van der Waals surface area contributed by atoms with Crippen molar-refractivity contribution in [2.24, 2.45) is 0 Å². The second-order valence-electron chi connectivity index (χ2n) is 4.99. The van der Waals surface area contributed by atoms with E-state index in [1.54, 1.807) is 16.2 Å². The highest BCUT2D eigenvalue weighted by Crippen LogP contribution is 2.51. The molecule has 96 valence electrons. The van der Waals surface area contributed by atoms with Crippen LogP contribution in [0.1, 0.15) is 17.7 Å². The van der Waals surface area contributed by atoms with E-state index in [1.807, 2.05) is 16.3 Å². The predicted molar refractivity (Wildman–Crippen MR) is 69.4 cm³/mol. The molecule has 0 aromatic carbocycles. The van der Waals surface area contributed by atoms with Gasteiger partial charge in [-0.15, -0.1) is 11.3 Å². The largest absolute Gasteiger partial charge is 0.342 e. The number of carbonyl (C=O) groups is 2. The SMILES string of the molecule is O=CN1CCN(C(=O)C2(c3cccs3)CC2)CC1. The highest BCUT2D eigenvalue weighted by molar-refractivity contribution is 7.10. The van der Waals surface area contributed by atoms with E-state index in [2.05, 4.69) is 6.07 Å². The van der Waals surface area contributed by atoms with E-state index < -0.39 is 0 Å². The maximum absolute atomic E-state index is 12.6. The number of carbonyl (C=O) groups excluding carboxylic acids is 2. The predicted octanol–water partition coefficient (Wildman–Crippen LogP) is 1.08. The number of thiophene rings is 1. The Labute approximate surface area is 110 Å². The van der Waals surface area contributed by atoms with Crippen LogP contribution in [-0.4, -0.2) is 48.3 Å². The smallest absolute Gasteiger partial charge is 0.234 e. The van der Waals surface area contributed by atoms with Crippen molar-refractivity contribution in [1.29, 1.82) is 0 Å². The molecule has 0 atom stereocenters. The van der Waals surface area contributed by atoms with Gasteiger partial charge in [-0.1, -0.05) is 6.07 Å². The van der Waals surface area contributed by atoms with Crippen molar-refractivity contribution in [2.75, 3.05) is 26.2 Å². The Balaban J connectivity index is 1.71. The van der Waals surface area contributed by atoms with Crippen molar-refractivity contribution >= 4 is 23.7 Å². The molecule has 0 unspecified atom stereocenters. The minimum atomic E-state index is -0.225. The molecule has 18 heavy (non-hydrogen) atoms. The van der Waals surface area contributed by atoms with Gasteiger partial charge in [-0.2, -0.15) is 0 Å². The monoisotopic (exact) mass is 264 g/mol. The summed E-state index contributed by atoms with van der Waals surface area (Å²) in [7, 11) is 0. The van der Waals surface area contributed by atoms with Crippen LogP contribution in [0.25, 0.3) is 0 Å². The molecule has 1 saturated heterocycles. The molecule has 2 heterocycles. The van der Waals surface area contributed by atoms with Gasteiger partial charge in [0.2, 0.25) is 12.3 Å². The molecular weight excluding hydrogens is 248 g/mol. The average Bonchev–Trinajstić information content (AvgIpc) is 3.05. The molecule has 1 aliphatic carbocycles. The van der Waals surface area contributed by atoms with Crippen LogP contribution >= 0.6 is 11.3 Å². The Morgan fingerprint density at radius 2 is 2.00 bits per heavy atom. The van der Waals surface area contributed by atoms with Crippen molar-refractivity contribution < 1.29 is 9.59 Å². The third kappa shape index (κ3) is 1.82. The molecule has 1 aromatic heterocycles. The Morgan fingerprint density at radius 3 is 2.50 bits per heavy atom. The van der Waals surface area contributed by atoms with Crippen LogP contribution in [0.15, 0.2) is 17.5 Å². The Morgan fingerprint density at radius 1 is 1.28 bits per heavy atom. The summed E-state index contributed by atoms with van der Waals surface area (Å²) >= 11 is 1.68. The molecule has 5 heteroatoms. The van der Waals surface area contributed by atoms with Gasteiger partial charge in [-0.25, -0.2) is 0 Å². The molecule has 1 aliphatic heterocycles. The third-order valence-electron chi connectivity index (χ3n) is 3.90. The first kappa shape index (κ1) is 11.7. The second-order valence-corrected chi connectivity index (χ2v) is 5.94. The maximum atomic E-state index is 12.6. The lowest BCUT2D eigenvalue weighted by Gasteiger charge is -2.34. The summed E-state index contributed by atoms with van der Waals surface area (Å²) in [6.07, 6.45) is 2.81. The molecule has 1 saturated carbocycles. The molecule has 2 amide bonds. The zero-order chi connectivity index (χ0) is 12.6. The number of nitrogens with zero attached hydrogens (tertiary/aromatic N) is 2. The first-order valence-electron chi connectivity index (χ1n) is 6.29. The van der Waals surface area contributed by atoms with Crippen molar-refractivity contribution in [1.82, 2.24) is 9.80 Å². The van der Waals surface area contributed by atoms with Gasteiger partial charge in [0.25, 0.3) is 0 Å². The second kappa shape index (κ2) is 4.39. The van der Waals surface area contributed by atoms with Crippen LogP contribution in [0.4, 0.5) is 0 Å². The van der Waals surface area contributed by atoms with Crippen LogP contribution in [0.3, 0.4) is 0 Å². The normalized spacial score (nSPS) is 21.8. The van der Waals surface area contributed by atoms with E-state index in [1.165, 1.54) is 4.88 Å². The van der Waals surface area contributed by atoms with E-state index >= 15 is 0 Å². The summed E-state index contributed by atoms with van der Waals surface area (Å²) in [5.41, 5.74) is -0.225. The lowest BCUT2D eigenvalue weighted by Crippen LogP contribution is -2.51. The van der Waals surface area contributed by atoms with Gasteiger partial charge >= 0.3 is 0 Å². The summed E-state index contributed by atoms with van der Waals surface area (Å²) < 4.78 is 0. The molecule has 0 radical (unpaired) electrons. The molecular formula is C13H16N2O2S. The highest BCUT2D eigenvalue weighted by Gasteiger charge is 2.53. The minimum absolute atomic E-state index is 0.225. The van der Waals surface area contributed by atoms with Crippen molar-refractivity contribution in [3.63, 3.8) is 0 Å². The van der Waals surface area contributed by atoms with E-state index in [0.29, 0.717) is 26.2 Å². The Bertz CT molecular complexity index is 446. The molecule has 1 aromatic rings. The minimum Gasteiger partial charge on any atom is -0.342 e. The van der Waals surface area contributed by atoms with Crippen LogP contribution < -0.4 is 0 Å². The fourth-order valence-electron chi connectivity index (χ4n) is 2.57. The summed E-state index contributed by atoms with van der Waals surface area (Å²) in [6, 6.07) is 4.08. The van der Waals surface area contributed by atoms with Gasteiger partial charge in [0, 0.05) is 31.1 Å². The van der Waals surface area contributed by atoms with Crippen molar-refractivity contribution in [3.05, 3.63) is 22.4 Å². The molecule has 0 spiro atoms. The number of amides is 2. The summed E-state index contributed by atoms with van der Waals surface area (Å²) in [4.78, 5) is 28.1. The van der Waals surface area contributed by atoms with E-state index in [9.17, 15) is 9.59 Å². The fourth-order valence-corrected chi connectivity index (χ4v) is 3.55. The Kier molecular flexibility index (Phi) is 2.86. The van der Waals surface area contributed by atoms with E-state index in [0.717, 1.165) is 19.3 Å². The standard InChI is InChI=1S/C13H16N2O2S/c16-10-14-5-7-15(8-6-14)12(17)13(3-4-13)11-2-1-9-18-11/h1-2,9-10H,3-8H2. The number of hydrogen-bond acceptors (Lipinski definition) is 3. The molecule has 3 rings (SSSR count). The first-order valence-corrected chi connectivity index (χ1v) is 7.17. The van der Waals surface area contributed by atoms with Crippen LogP contribution in [0, 0.1) is 0 Å². The maximum Gasteiger partial charge on any atom is 0.234 e. The van der Waals surface area contributed by atoms with Crippen molar-refractivity contribution in [3.8, 4) is 0 Å². The average molecular weight is 264 g/mol. The quantitative estimate of drug-likeness (QED) is 0.767. The summed E-state index contributed by atoms with van der Waals surface area (Å²) in [5.74, 6) is 0.260. The van der Waals surface area contributed by atoms with Crippen LogP contribution in [-0.2, 0) is 15.0 Å². The summed E-state index contributed by atoms with van der Waals surface area (Å²) in [6.45, 7) is 2.67. The van der Waals surface area contributed by atoms with Gasteiger partial charge < -0.3 is 9.80 Å². The number of hydrogen-bond donors (Lipinski definition) is 0. The van der Waals surface area contributed by atoms with Gasteiger partial charge in [-0.05, 0) is 24.3 Å². The third-order valence-corrected chi connectivity index (χ3v) is 4.98. The zero-order valence-electron chi connectivity index (χ0n) is 10.2.